The lowest BCUT2D eigenvalue weighted by atomic mass is 9.95. The van der Waals surface area contributed by atoms with Crippen LogP contribution in [0.5, 0.6) is 0 Å². The molecular formula is C28H38ClN3O4. The molecule has 2 N–H and O–H groups in total. The summed E-state index contributed by atoms with van der Waals surface area (Å²) in [6.45, 7) is 16.2. The first kappa shape index (κ1) is 29.2. The summed E-state index contributed by atoms with van der Waals surface area (Å²) in [6, 6.07) is 10.9. The maximum absolute atomic E-state index is 13.9. The van der Waals surface area contributed by atoms with Crippen LogP contribution in [0.15, 0.2) is 42.5 Å². The molecule has 2 atom stereocenters. The number of carbonyl (C=O) groups is 3. The molecule has 0 saturated carbocycles. The number of benzene rings is 2. The number of rotatable bonds is 6. The first-order valence-electron chi connectivity index (χ1n) is 12.0. The van der Waals surface area contributed by atoms with Crippen molar-refractivity contribution in [3.05, 3.63) is 64.2 Å². The Kier molecular flexibility index (Phi) is 9.18. The quantitative estimate of drug-likeness (QED) is 0.481. The first-order chi connectivity index (χ1) is 16.5. The van der Waals surface area contributed by atoms with Crippen LogP contribution in [0.25, 0.3) is 0 Å². The highest BCUT2D eigenvalue weighted by molar-refractivity contribution is 6.34. The molecular weight excluding hydrogens is 478 g/mol. The molecule has 2 unspecified atom stereocenters. The smallest absolute Gasteiger partial charge is 0.408 e. The minimum atomic E-state index is -0.989. The van der Waals surface area contributed by atoms with Crippen LogP contribution >= 0.6 is 11.6 Å². The molecule has 196 valence electrons. The van der Waals surface area contributed by atoms with Gasteiger partial charge in [0.05, 0.1) is 10.7 Å². The van der Waals surface area contributed by atoms with Crippen molar-refractivity contribution in [2.45, 2.75) is 85.5 Å². The van der Waals surface area contributed by atoms with Crippen LogP contribution in [-0.2, 0) is 14.3 Å². The molecule has 0 heterocycles. The van der Waals surface area contributed by atoms with Crippen LogP contribution in [0.3, 0.4) is 0 Å². The van der Waals surface area contributed by atoms with E-state index in [1.165, 1.54) is 4.90 Å². The molecule has 36 heavy (non-hydrogen) atoms. The van der Waals surface area contributed by atoms with Crippen molar-refractivity contribution >= 4 is 35.2 Å². The Morgan fingerprint density at radius 2 is 1.53 bits per heavy atom. The number of hydrogen-bond acceptors (Lipinski definition) is 4. The third-order valence-electron chi connectivity index (χ3n) is 5.43. The van der Waals surface area contributed by atoms with Gasteiger partial charge in [-0.05, 0) is 79.5 Å². The van der Waals surface area contributed by atoms with E-state index in [2.05, 4.69) is 10.6 Å². The summed E-state index contributed by atoms with van der Waals surface area (Å²) in [7, 11) is 0. The summed E-state index contributed by atoms with van der Waals surface area (Å²) in [5.41, 5.74) is 1.45. The molecule has 0 aliphatic carbocycles. The van der Waals surface area contributed by atoms with E-state index in [0.29, 0.717) is 16.3 Å². The highest BCUT2D eigenvalue weighted by Crippen LogP contribution is 2.33. The Labute approximate surface area is 219 Å². The van der Waals surface area contributed by atoms with Gasteiger partial charge in [-0.3, -0.25) is 9.59 Å². The number of ether oxygens (including phenoxy) is 1. The van der Waals surface area contributed by atoms with Gasteiger partial charge in [-0.2, -0.15) is 0 Å². The van der Waals surface area contributed by atoms with Gasteiger partial charge in [-0.25, -0.2) is 4.79 Å². The molecule has 0 aliphatic heterocycles. The lowest BCUT2D eigenvalue weighted by molar-refractivity contribution is -0.146. The predicted molar refractivity (Wildman–Crippen MR) is 144 cm³/mol. The molecule has 0 aliphatic rings. The number of para-hydroxylation sites is 1. The molecule has 2 aromatic rings. The fraction of sp³-hybridized carbons (Fsp3) is 0.464. The molecule has 0 radical (unpaired) electrons. The fourth-order valence-electron chi connectivity index (χ4n) is 3.75. The van der Waals surface area contributed by atoms with Gasteiger partial charge in [0, 0.05) is 5.54 Å². The van der Waals surface area contributed by atoms with Crippen LogP contribution in [0.1, 0.15) is 71.2 Å². The second-order valence-electron chi connectivity index (χ2n) is 11.0. The van der Waals surface area contributed by atoms with Crippen LogP contribution in [-0.4, -0.2) is 40.0 Å². The van der Waals surface area contributed by atoms with Crippen molar-refractivity contribution in [3.8, 4) is 0 Å². The summed E-state index contributed by atoms with van der Waals surface area (Å²) in [6.07, 6.45) is -0.708. The van der Waals surface area contributed by atoms with E-state index < -0.39 is 41.1 Å². The monoisotopic (exact) mass is 515 g/mol. The Morgan fingerprint density at radius 3 is 2.03 bits per heavy atom. The minimum Gasteiger partial charge on any atom is -0.444 e. The number of halogens is 1. The van der Waals surface area contributed by atoms with Gasteiger partial charge in [0.1, 0.15) is 17.7 Å². The van der Waals surface area contributed by atoms with E-state index in [9.17, 15) is 14.4 Å². The largest absolute Gasteiger partial charge is 0.444 e. The van der Waals surface area contributed by atoms with E-state index in [1.807, 2.05) is 65.0 Å². The number of carbonyl (C=O) groups excluding carboxylic acids is 3. The maximum Gasteiger partial charge on any atom is 0.408 e. The Bertz CT molecular complexity index is 1080. The summed E-state index contributed by atoms with van der Waals surface area (Å²) >= 11 is 6.38. The second kappa shape index (κ2) is 11.3. The summed E-state index contributed by atoms with van der Waals surface area (Å²) in [5.74, 6) is -0.840. The minimum absolute atomic E-state index is 0.402. The number of nitrogens with one attached hydrogen (secondary N) is 2. The summed E-state index contributed by atoms with van der Waals surface area (Å²) < 4.78 is 5.32. The second-order valence-corrected chi connectivity index (χ2v) is 11.4. The molecule has 7 nitrogen and oxygen atoms in total. The van der Waals surface area contributed by atoms with E-state index in [4.69, 9.17) is 16.3 Å². The number of hydrogen-bond donors (Lipinski definition) is 2. The van der Waals surface area contributed by atoms with Crippen molar-refractivity contribution in [1.82, 2.24) is 10.2 Å². The zero-order chi connectivity index (χ0) is 27.4. The van der Waals surface area contributed by atoms with Gasteiger partial charge in [0.15, 0.2) is 0 Å². The predicted octanol–water partition coefficient (Wildman–Crippen LogP) is 6.18. The molecule has 2 aromatic carbocycles. The van der Waals surface area contributed by atoms with Crippen LogP contribution in [0.2, 0.25) is 5.02 Å². The Hall–Kier alpha value is -3.06. The van der Waals surface area contributed by atoms with Crippen molar-refractivity contribution in [1.29, 1.82) is 0 Å². The number of alkyl carbamates (subject to hydrolysis) is 1. The number of anilines is 1. The highest BCUT2D eigenvalue weighted by atomic mass is 35.5. The fourth-order valence-corrected chi connectivity index (χ4v) is 4.02. The van der Waals surface area contributed by atoms with Gasteiger partial charge >= 0.3 is 6.09 Å². The number of amides is 3. The molecule has 2 rings (SSSR count). The highest BCUT2D eigenvalue weighted by Gasteiger charge is 2.41. The molecule has 0 fully saturated rings. The summed E-state index contributed by atoms with van der Waals surface area (Å²) in [4.78, 5) is 41.5. The van der Waals surface area contributed by atoms with Crippen molar-refractivity contribution < 1.29 is 19.1 Å². The van der Waals surface area contributed by atoms with Crippen molar-refractivity contribution in [3.63, 3.8) is 0 Å². The van der Waals surface area contributed by atoms with Gasteiger partial charge in [0.2, 0.25) is 5.91 Å². The van der Waals surface area contributed by atoms with E-state index in [1.54, 1.807) is 39.8 Å². The van der Waals surface area contributed by atoms with E-state index >= 15 is 0 Å². The Morgan fingerprint density at radius 1 is 0.944 bits per heavy atom. The van der Waals surface area contributed by atoms with Gasteiger partial charge in [-0.15, -0.1) is 0 Å². The molecule has 0 bridgehead atoms. The van der Waals surface area contributed by atoms with Crippen molar-refractivity contribution in [2.24, 2.45) is 0 Å². The third-order valence-corrected chi connectivity index (χ3v) is 5.75. The van der Waals surface area contributed by atoms with Gasteiger partial charge < -0.3 is 20.3 Å². The van der Waals surface area contributed by atoms with Gasteiger partial charge in [-0.1, -0.05) is 53.6 Å². The molecule has 8 heteroatoms. The standard InChI is InChI=1S/C28H38ClN3O4/c1-17-13-15-20(16-14-17)23(24(33)31-22-18(2)11-10-12-21(22)29)32(27(4,5)6)25(34)19(3)30-26(35)36-28(7,8)9/h10-16,19,23H,1-9H3,(H,30,35)(H,31,33). The van der Waals surface area contributed by atoms with Gasteiger partial charge in [0.25, 0.3) is 5.91 Å². The average molecular weight is 516 g/mol. The molecule has 0 spiro atoms. The molecule has 0 aromatic heterocycles. The SMILES string of the molecule is Cc1ccc(C(C(=O)Nc2c(C)cccc2Cl)N(C(=O)C(C)NC(=O)OC(C)(C)C)C(C)(C)C)cc1. The van der Waals surface area contributed by atoms with Crippen LogP contribution < -0.4 is 10.6 Å². The van der Waals surface area contributed by atoms with Crippen LogP contribution in [0, 0.1) is 13.8 Å². The number of nitrogens with zero attached hydrogens (tertiary/aromatic N) is 1. The zero-order valence-corrected chi connectivity index (χ0v) is 23.4. The maximum atomic E-state index is 13.9. The molecule has 3 amide bonds. The third kappa shape index (κ3) is 7.72. The zero-order valence-electron chi connectivity index (χ0n) is 22.7. The number of aryl methyl sites for hydroxylation is 2. The lowest BCUT2D eigenvalue weighted by Crippen LogP contribution is -2.57. The topological polar surface area (TPSA) is 87.7 Å². The lowest BCUT2D eigenvalue weighted by Gasteiger charge is -2.42. The average Bonchev–Trinajstić information content (AvgIpc) is 2.72. The van der Waals surface area contributed by atoms with E-state index in [0.717, 1.165) is 11.1 Å². The first-order valence-corrected chi connectivity index (χ1v) is 12.3. The normalized spacial score (nSPS) is 13.4. The van der Waals surface area contributed by atoms with Crippen molar-refractivity contribution in [2.75, 3.05) is 5.32 Å². The summed E-state index contributed by atoms with van der Waals surface area (Å²) in [5, 5.41) is 5.94. The van der Waals surface area contributed by atoms with Crippen LogP contribution in [0.4, 0.5) is 10.5 Å². The van der Waals surface area contributed by atoms with E-state index in [-0.39, 0.29) is 0 Å². The molecule has 0 saturated heterocycles. The Balaban J connectivity index is 2.52.